The lowest BCUT2D eigenvalue weighted by Crippen LogP contribution is -2.68. The maximum Gasteiger partial charge on any atom is 0.408 e. The van der Waals surface area contributed by atoms with E-state index >= 15 is 0 Å². The molecule has 2 amide bonds. The normalized spacial score (nSPS) is 27.4. The third kappa shape index (κ3) is 4.92. The van der Waals surface area contributed by atoms with Gasteiger partial charge in [0.1, 0.15) is 5.54 Å². The Morgan fingerprint density at radius 1 is 1.03 bits per heavy atom. The summed E-state index contributed by atoms with van der Waals surface area (Å²) in [5, 5.41) is 14.8. The van der Waals surface area contributed by atoms with Gasteiger partial charge >= 0.3 is 6.09 Å². The first kappa shape index (κ1) is 27.2. The highest BCUT2D eigenvalue weighted by molar-refractivity contribution is 5.91. The van der Waals surface area contributed by atoms with Gasteiger partial charge in [0, 0.05) is 42.1 Å². The molecule has 1 aromatic heterocycles. The number of hydrogen-bond donors (Lipinski definition) is 5. The molecule has 4 aliphatic carbocycles. The molecule has 0 aliphatic heterocycles. The third-order valence-electron chi connectivity index (χ3n) is 9.62. The molecule has 0 spiro atoms. The topological polar surface area (TPSA) is 146 Å². The Morgan fingerprint density at radius 3 is 2.28 bits per heavy atom. The van der Waals surface area contributed by atoms with Crippen molar-refractivity contribution < 1.29 is 14.7 Å². The van der Waals surface area contributed by atoms with Gasteiger partial charge in [0.05, 0.1) is 0 Å². The molecule has 208 valence electrons. The molecule has 0 saturated heterocycles. The van der Waals surface area contributed by atoms with Gasteiger partial charge in [0.2, 0.25) is 5.91 Å². The number of carboxylic acid groups (broad SMARTS) is 1. The Balaban J connectivity index is 0.00000308. The van der Waals surface area contributed by atoms with Crippen LogP contribution >= 0.6 is 0 Å². The predicted molar refractivity (Wildman–Crippen MR) is 153 cm³/mol. The molecule has 8 N–H and O–H groups in total. The number of benzene rings is 2. The maximum absolute atomic E-state index is 14.2. The van der Waals surface area contributed by atoms with Gasteiger partial charge in [-0.15, -0.1) is 0 Å². The zero-order chi connectivity index (χ0) is 26.4. The molecule has 4 bridgehead atoms. The monoisotopic (exact) mass is 531 g/mol. The van der Waals surface area contributed by atoms with E-state index in [0.29, 0.717) is 30.1 Å². The summed E-state index contributed by atoms with van der Waals surface area (Å²) in [6, 6.07) is 17.1. The molecule has 0 unspecified atom stereocenters. The Kier molecular flexibility index (Phi) is 7.44. The molecule has 4 fully saturated rings. The standard InChI is InChI=1S/C31H38N4O3.H3N/c1-31(16-24-17-33-27-10-6-5-9-25(24)27,29(36)34-18-26(32)21-7-3-2-4-8-21)35(30(37)38)28-22-12-19-11-20(14-22)15-23(28)13-19;/h2-10,17,19-20,22-23,26,28,33H,11-16,18,32H2,1H3,(H,34,36)(H,37,38);1H3/t19?,20?,22?,23?,26-,28?,31+;/m0./s1. The van der Waals surface area contributed by atoms with E-state index < -0.39 is 11.6 Å². The van der Waals surface area contributed by atoms with Crippen LogP contribution in [0.4, 0.5) is 4.79 Å². The summed E-state index contributed by atoms with van der Waals surface area (Å²) in [6.07, 6.45) is 6.79. The van der Waals surface area contributed by atoms with E-state index in [9.17, 15) is 14.7 Å². The molecular formula is C31H41N5O3. The second-order valence-corrected chi connectivity index (χ2v) is 12.1. The molecule has 8 heteroatoms. The molecule has 2 aromatic carbocycles. The zero-order valence-corrected chi connectivity index (χ0v) is 22.7. The average molecular weight is 532 g/mol. The summed E-state index contributed by atoms with van der Waals surface area (Å²) in [4.78, 5) is 32.2. The molecule has 3 aromatic rings. The minimum Gasteiger partial charge on any atom is -0.465 e. The molecule has 7 rings (SSSR count). The van der Waals surface area contributed by atoms with Crippen LogP contribution in [0.15, 0.2) is 60.8 Å². The van der Waals surface area contributed by atoms with Crippen LogP contribution in [-0.4, -0.2) is 45.1 Å². The Morgan fingerprint density at radius 2 is 1.64 bits per heavy atom. The van der Waals surface area contributed by atoms with Crippen molar-refractivity contribution in [1.29, 1.82) is 0 Å². The van der Waals surface area contributed by atoms with Crippen LogP contribution in [0.25, 0.3) is 10.9 Å². The highest BCUT2D eigenvalue weighted by atomic mass is 16.4. The molecule has 1 heterocycles. The van der Waals surface area contributed by atoms with Gasteiger partial charge in [-0.2, -0.15) is 0 Å². The third-order valence-corrected chi connectivity index (χ3v) is 9.62. The first-order valence-corrected chi connectivity index (χ1v) is 14.0. The number of amides is 2. The van der Waals surface area contributed by atoms with Crippen molar-refractivity contribution in [2.45, 2.75) is 63.1 Å². The van der Waals surface area contributed by atoms with Crippen LogP contribution in [0, 0.1) is 23.7 Å². The average Bonchev–Trinajstić information content (AvgIpc) is 3.31. The van der Waals surface area contributed by atoms with Crippen molar-refractivity contribution in [3.63, 3.8) is 0 Å². The highest BCUT2D eigenvalue weighted by Crippen LogP contribution is 2.56. The summed E-state index contributed by atoms with van der Waals surface area (Å²) >= 11 is 0. The number of nitrogens with zero attached hydrogens (tertiary/aromatic N) is 1. The minimum atomic E-state index is -1.28. The van der Waals surface area contributed by atoms with Crippen molar-refractivity contribution in [2.24, 2.45) is 29.4 Å². The zero-order valence-electron chi connectivity index (χ0n) is 22.7. The van der Waals surface area contributed by atoms with E-state index in [1.807, 2.05) is 67.7 Å². The number of aromatic amines is 1. The lowest BCUT2D eigenvalue weighted by Gasteiger charge is -2.59. The summed E-state index contributed by atoms with van der Waals surface area (Å²) in [7, 11) is 0. The van der Waals surface area contributed by atoms with Gasteiger partial charge in [-0.05, 0) is 79.9 Å². The summed E-state index contributed by atoms with van der Waals surface area (Å²) < 4.78 is 0. The molecular weight excluding hydrogens is 490 g/mol. The Bertz CT molecular complexity index is 1300. The number of hydrogen-bond acceptors (Lipinski definition) is 4. The van der Waals surface area contributed by atoms with E-state index in [4.69, 9.17) is 5.73 Å². The fourth-order valence-corrected chi connectivity index (χ4v) is 8.12. The lowest BCUT2D eigenvalue weighted by atomic mass is 9.53. The molecule has 4 saturated carbocycles. The first-order chi connectivity index (χ1) is 18.3. The van der Waals surface area contributed by atoms with E-state index in [-0.39, 0.29) is 30.7 Å². The number of nitrogens with one attached hydrogen (secondary N) is 2. The van der Waals surface area contributed by atoms with E-state index in [1.54, 1.807) is 4.90 Å². The number of para-hydroxylation sites is 1. The second-order valence-electron chi connectivity index (χ2n) is 12.1. The van der Waals surface area contributed by atoms with Crippen LogP contribution in [0.2, 0.25) is 0 Å². The first-order valence-electron chi connectivity index (χ1n) is 14.0. The van der Waals surface area contributed by atoms with Crippen LogP contribution < -0.4 is 17.2 Å². The van der Waals surface area contributed by atoms with Crippen molar-refractivity contribution >= 4 is 22.9 Å². The maximum atomic E-state index is 14.2. The van der Waals surface area contributed by atoms with Gasteiger partial charge in [-0.25, -0.2) is 4.79 Å². The molecule has 2 atom stereocenters. The van der Waals surface area contributed by atoms with Crippen LogP contribution in [-0.2, 0) is 11.2 Å². The number of fused-ring (bicyclic) bond motifs is 1. The van der Waals surface area contributed by atoms with Gasteiger partial charge in [-0.3, -0.25) is 9.69 Å². The SMILES string of the molecule is C[C@@](Cc1c[nH]c2ccccc12)(C(=O)NC[C@H](N)c1ccccc1)N(C(=O)O)C1C2CC3CC(C2)CC1C3.N. The highest BCUT2D eigenvalue weighted by Gasteiger charge is 2.56. The van der Waals surface area contributed by atoms with Crippen molar-refractivity contribution in [3.8, 4) is 0 Å². The van der Waals surface area contributed by atoms with Gasteiger partial charge in [-0.1, -0.05) is 48.5 Å². The fourth-order valence-electron chi connectivity index (χ4n) is 8.12. The van der Waals surface area contributed by atoms with Gasteiger partial charge < -0.3 is 27.3 Å². The van der Waals surface area contributed by atoms with Crippen LogP contribution in [0.5, 0.6) is 0 Å². The summed E-state index contributed by atoms with van der Waals surface area (Å²) in [5.41, 5.74) is 7.99. The summed E-state index contributed by atoms with van der Waals surface area (Å²) in [5.74, 6) is 1.78. The van der Waals surface area contributed by atoms with Crippen LogP contribution in [0.3, 0.4) is 0 Å². The minimum absolute atomic E-state index is 0. The molecule has 39 heavy (non-hydrogen) atoms. The second kappa shape index (κ2) is 10.7. The van der Waals surface area contributed by atoms with Gasteiger partial charge in [0.25, 0.3) is 0 Å². The van der Waals surface area contributed by atoms with Crippen molar-refractivity contribution in [3.05, 3.63) is 71.9 Å². The number of H-pyrrole nitrogens is 1. The lowest BCUT2D eigenvalue weighted by molar-refractivity contribution is -0.140. The van der Waals surface area contributed by atoms with E-state index in [1.165, 1.54) is 6.42 Å². The predicted octanol–water partition coefficient (Wildman–Crippen LogP) is 5.25. The van der Waals surface area contributed by atoms with Crippen molar-refractivity contribution in [2.75, 3.05) is 6.54 Å². The number of nitrogens with two attached hydrogens (primary N) is 1. The Labute approximate surface area is 229 Å². The smallest absolute Gasteiger partial charge is 0.408 e. The summed E-state index contributed by atoms with van der Waals surface area (Å²) in [6.45, 7) is 2.05. The van der Waals surface area contributed by atoms with Crippen molar-refractivity contribution in [1.82, 2.24) is 21.4 Å². The number of aromatic nitrogens is 1. The molecule has 0 radical (unpaired) electrons. The van der Waals surface area contributed by atoms with E-state index in [0.717, 1.165) is 47.7 Å². The van der Waals surface area contributed by atoms with Crippen LogP contribution in [0.1, 0.15) is 56.2 Å². The molecule has 4 aliphatic rings. The largest absolute Gasteiger partial charge is 0.465 e. The number of carbonyl (C=O) groups excluding carboxylic acids is 1. The number of carbonyl (C=O) groups is 2. The fraction of sp³-hybridized carbons (Fsp3) is 0.484. The quantitative estimate of drug-likeness (QED) is 0.269. The van der Waals surface area contributed by atoms with E-state index in [2.05, 4.69) is 10.3 Å². The Hall–Kier alpha value is -3.36. The number of rotatable bonds is 8. The van der Waals surface area contributed by atoms with Gasteiger partial charge in [0.15, 0.2) is 0 Å². The molecule has 8 nitrogen and oxygen atoms in total.